The maximum absolute atomic E-state index is 14.2. The third-order valence-electron chi connectivity index (χ3n) is 6.64. The van der Waals surface area contributed by atoms with Gasteiger partial charge in [-0.1, -0.05) is 48.0 Å². The minimum Gasteiger partial charge on any atom is -0.465 e. The number of allylic oxidation sites excluding steroid dienone is 2. The van der Waals surface area contributed by atoms with Gasteiger partial charge in [0.25, 0.3) is 0 Å². The maximum Gasteiger partial charge on any atom is 0.317 e. The van der Waals surface area contributed by atoms with Gasteiger partial charge in [0.1, 0.15) is 5.92 Å². The molecule has 0 saturated heterocycles. The van der Waals surface area contributed by atoms with Crippen molar-refractivity contribution in [2.75, 3.05) is 11.5 Å². The van der Waals surface area contributed by atoms with Gasteiger partial charge in [-0.05, 0) is 54.6 Å². The summed E-state index contributed by atoms with van der Waals surface area (Å²) < 4.78 is 5.37. The van der Waals surface area contributed by atoms with Crippen molar-refractivity contribution in [2.24, 2.45) is 5.92 Å². The quantitative estimate of drug-likeness (QED) is 0.310. The fourth-order valence-electron chi connectivity index (χ4n) is 5.19. The third kappa shape index (κ3) is 4.32. The number of nitrogens with zero attached hydrogens (tertiary/aromatic N) is 1. The zero-order valence-electron chi connectivity index (χ0n) is 19.1. The van der Waals surface area contributed by atoms with Gasteiger partial charge in [-0.2, -0.15) is 0 Å². The van der Waals surface area contributed by atoms with Crippen LogP contribution in [-0.4, -0.2) is 24.3 Å². The van der Waals surface area contributed by atoms with Gasteiger partial charge >= 0.3 is 5.97 Å². The Morgan fingerprint density at radius 1 is 1.06 bits per heavy atom. The molecule has 0 saturated carbocycles. The molecule has 7 heteroatoms. The second-order valence-electron chi connectivity index (χ2n) is 8.66. The lowest BCUT2D eigenvalue weighted by atomic mass is 9.69. The van der Waals surface area contributed by atoms with Crippen LogP contribution in [0.5, 0.6) is 0 Å². The topological polar surface area (TPSA) is 63.7 Å². The van der Waals surface area contributed by atoms with Crippen molar-refractivity contribution in [2.45, 2.75) is 31.6 Å². The van der Waals surface area contributed by atoms with Gasteiger partial charge < -0.3 is 4.74 Å². The highest BCUT2D eigenvalue weighted by Crippen LogP contribution is 2.50. The van der Waals surface area contributed by atoms with Gasteiger partial charge in [0, 0.05) is 45.1 Å². The van der Waals surface area contributed by atoms with Crippen LogP contribution in [0.4, 0.5) is 5.69 Å². The van der Waals surface area contributed by atoms with Crippen LogP contribution in [0.1, 0.15) is 42.0 Å². The number of hydrogen-bond acceptors (Lipinski definition) is 5. The molecule has 0 unspecified atom stereocenters. The second kappa shape index (κ2) is 9.80. The fraction of sp³-hybridized carbons (Fsp3) is 0.250. The van der Waals surface area contributed by atoms with Gasteiger partial charge in [0.2, 0.25) is 5.91 Å². The minimum atomic E-state index is -0.958. The number of carbonyl (C=O) groups is 3. The van der Waals surface area contributed by atoms with Crippen molar-refractivity contribution < 1.29 is 19.1 Å². The molecule has 2 aliphatic rings. The fourth-order valence-corrected chi connectivity index (χ4v) is 6.25. The Bertz CT molecular complexity index is 1300. The number of thiophene rings is 1. The summed E-state index contributed by atoms with van der Waals surface area (Å²) >= 11 is 7.78. The van der Waals surface area contributed by atoms with Gasteiger partial charge in [0.05, 0.1) is 6.61 Å². The molecule has 2 heterocycles. The maximum atomic E-state index is 14.2. The Kier molecular flexibility index (Phi) is 6.58. The average molecular weight is 506 g/mol. The van der Waals surface area contributed by atoms with E-state index in [0.717, 1.165) is 10.4 Å². The van der Waals surface area contributed by atoms with E-state index < -0.39 is 23.7 Å². The van der Waals surface area contributed by atoms with E-state index in [0.29, 0.717) is 28.4 Å². The summed E-state index contributed by atoms with van der Waals surface area (Å²) in [7, 11) is 0. The van der Waals surface area contributed by atoms with E-state index in [4.69, 9.17) is 16.3 Å². The average Bonchev–Trinajstić information content (AvgIpc) is 3.39. The van der Waals surface area contributed by atoms with E-state index in [2.05, 4.69) is 0 Å². The van der Waals surface area contributed by atoms with E-state index in [1.54, 1.807) is 24.0 Å². The highest BCUT2D eigenvalue weighted by atomic mass is 35.5. The highest BCUT2D eigenvalue weighted by molar-refractivity contribution is 7.10. The Morgan fingerprint density at radius 2 is 1.86 bits per heavy atom. The number of Topliss-reactive ketones (excluding diaryl/α,β-unsaturated/α-hetero) is 1. The lowest BCUT2D eigenvalue weighted by Gasteiger charge is -2.42. The molecular formula is C28H24ClNO4S. The van der Waals surface area contributed by atoms with Gasteiger partial charge in [-0.15, -0.1) is 11.3 Å². The van der Waals surface area contributed by atoms with Gasteiger partial charge in [-0.3, -0.25) is 19.3 Å². The van der Waals surface area contributed by atoms with Crippen LogP contribution in [-0.2, 0) is 19.1 Å². The predicted octanol–water partition coefficient (Wildman–Crippen LogP) is 6.11. The number of benzene rings is 2. The Labute approximate surface area is 213 Å². The number of para-hydroxylation sites is 1. The first-order chi connectivity index (χ1) is 17.0. The molecule has 3 aromatic rings. The van der Waals surface area contributed by atoms with Crippen LogP contribution in [0.3, 0.4) is 0 Å². The highest BCUT2D eigenvalue weighted by Gasteiger charge is 2.50. The van der Waals surface area contributed by atoms with E-state index >= 15 is 0 Å². The van der Waals surface area contributed by atoms with Gasteiger partial charge in [-0.25, -0.2) is 0 Å². The van der Waals surface area contributed by atoms with Crippen molar-refractivity contribution in [1.29, 1.82) is 0 Å². The molecular weight excluding hydrogens is 482 g/mol. The number of esters is 1. The van der Waals surface area contributed by atoms with Crippen LogP contribution in [0.25, 0.3) is 0 Å². The number of ketones is 1. The number of rotatable bonds is 5. The SMILES string of the molecule is CCOC(=O)[C@@H]1C(=O)C2=C(C[C@H]1c1cccs1)N(c1ccccc1)C(=O)C[C@@H]2c1cccc(Cl)c1. The third-order valence-corrected chi connectivity index (χ3v) is 7.87. The summed E-state index contributed by atoms with van der Waals surface area (Å²) in [5.74, 6) is -2.73. The molecule has 5 nitrogen and oxygen atoms in total. The summed E-state index contributed by atoms with van der Waals surface area (Å²) in [5, 5.41) is 2.46. The molecule has 1 amide bonds. The summed E-state index contributed by atoms with van der Waals surface area (Å²) in [6, 6.07) is 20.5. The molecule has 5 rings (SSSR count). The van der Waals surface area contributed by atoms with Crippen molar-refractivity contribution in [1.82, 2.24) is 0 Å². The molecule has 0 bridgehead atoms. The molecule has 2 aromatic carbocycles. The minimum absolute atomic E-state index is 0.0905. The van der Waals surface area contributed by atoms with E-state index in [-0.39, 0.29) is 24.7 Å². The lowest BCUT2D eigenvalue weighted by molar-refractivity contribution is -0.152. The van der Waals surface area contributed by atoms with Crippen molar-refractivity contribution >= 4 is 46.3 Å². The first-order valence-corrected chi connectivity index (χ1v) is 12.9. The number of halogens is 1. The number of anilines is 1. The van der Waals surface area contributed by atoms with Gasteiger partial charge in [0.15, 0.2) is 5.78 Å². The van der Waals surface area contributed by atoms with Crippen LogP contribution in [0.15, 0.2) is 83.4 Å². The molecule has 178 valence electrons. The van der Waals surface area contributed by atoms with Crippen molar-refractivity contribution in [3.8, 4) is 0 Å². The summed E-state index contributed by atoms with van der Waals surface area (Å²) in [6.07, 6.45) is 0.488. The first-order valence-electron chi connectivity index (χ1n) is 11.6. The Morgan fingerprint density at radius 3 is 2.54 bits per heavy atom. The summed E-state index contributed by atoms with van der Waals surface area (Å²) in [4.78, 5) is 43.5. The number of ether oxygens (including phenoxy) is 1. The first kappa shape index (κ1) is 23.5. The van der Waals surface area contributed by atoms with Crippen LogP contribution >= 0.6 is 22.9 Å². The number of amides is 1. The van der Waals surface area contributed by atoms with Crippen molar-refractivity contribution in [3.05, 3.63) is 98.8 Å². The molecule has 1 aliphatic heterocycles. The Hall–Kier alpha value is -3.22. The van der Waals surface area contributed by atoms with E-state index in [9.17, 15) is 14.4 Å². The molecule has 0 fully saturated rings. The normalized spacial score (nSPS) is 22.2. The summed E-state index contributed by atoms with van der Waals surface area (Å²) in [5.41, 5.74) is 2.65. The molecule has 1 aliphatic carbocycles. The van der Waals surface area contributed by atoms with Crippen LogP contribution in [0, 0.1) is 5.92 Å². The molecule has 3 atom stereocenters. The molecule has 0 spiro atoms. The summed E-state index contributed by atoms with van der Waals surface area (Å²) in [6.45, 7) is 1.93. The largest absolute Gasteiger partial charge is 0.465 e. The standard InChI is InChI=1S/C28H24ClNO4S/c1-2-34-28(33)26-21(23-12-7-13-35-23)15-22-25(27(26)32)20(17-8-6-9-18(29)14-17)16-24(31)30(22)19-10-4-3-5-11-19/h3-14,20-21,26H,2,15-16H2,1H3/t20-,21+,26+/m1/s1. The monoisotopic (exact) mass is 505 g/mol. The molecule has 1 aromatic heterocycles. The molecule has 0 N–H and O–H groups in total. The Balaban J connectivity index is 1.72. The van der Waals surface area contributed by atoms with Crippen molar-refractivity contribution in [3.63, 3.8) is 0 Å². The second-order valence-corrected chi connectivity index (χ2v) is 10.1. The van der Waals surface area contributed by atoms with E-state index in [1.165, 1.54) is 11.3 Å². The lowest BCUT2D eigenvalue weighted by Crippen LogP contribution is -2.46. The zero-order valence-corrected chi connectivity index (χ0v) is 20.7. The molecule has 35 heavy (non-hydrogen) atoms. The van der Waals surface area contributed by atoms with E-state index in [1.807, 2.05) is 60.0 Å². The molecule has 0 radical (unpaired) electrons. The number of carbonyl (C=O) groups excluding carboxylic acids is 3. The number of hydrogen-bond donors (Lipinski definition) is 0. The predicted molar refractivity (Wildman–Crippen MR) is 137 cm³/mol. The zero-order chi connectivity index (χ0) is 24.5. The smallest absolute Gasteiger partial charge is 0.317 e. The van der Waals surface area contributed by atoms with Crippen LogP contribution in [0.2, 0.25) is 5.02 Å². The van der Waals surface area contributed by atoms with Crippen LogP contribution < -0.4 is 4.90 Å².